The lowest BCUT2D eigenvalue weighted by Gasteiger charge is -2.15. The number of carbonyl (C=O) groups is 2. The van der Waals surface area contributed by atoms with Crippen molar-refractivity contribution in [2.24, 2.45) is 5.92 Å². The number of rotatable bonds is 4. The van der Waals surface area contributed by atoms with E-state index in [0.29, 0.717) is 0 Å². The predicted octanol–water partition coefficient (Wildman–Crippen LogP) is -0.512. The van der Waals surface area contributed by atoms with Crippen molar-refractivity contribution < 1.29 is 24.5 Å². The molecule has 0 aromatic carbocycles. The summed E-state index contributed by atoms with van der Waals surface area (Å²) in [5.74, 6) is -1.62. The van der Waals surface area contributed by atoms with Crippen molar-refractivity contribution in [2.45, 2.75) is 45.6 Å². The van der Waals surface area contributed by atoms with Gasteiger partial charge in [-0.15, -0.1) is 0 Å². The van der Waals surface area contributed by atoms with Crippen molar-refractivity contribution in [3.05, 3.63) is 16.7 Å². The molecule has 0 saturated carbocycles. The highest BCUT2D eigenvalue weighted by atomic mass is 16.5. The number of amides is 1. The van der Waals surface area contributed by atoms with Crippen LogP contribution in [0.2, 0.25) is 0 Å². The largest absolute Gasteiger partial charge is 0.394 e. The van der Waals surface area contributed by atoms with Crippen LogP contribution < -0.4 is 10.9 Å². The molecule has 11 nitrogen and oxygen atoms in total. The molecule has 11 heteroatoms. The molecule has 2 aromatic heterocycles. The van der Waals surface area contributed by atoms with Crippen LogP contribution in [0.25, 0.3) is 11.2 Å². The zero-order valence-corrected chi connectivity index (χ0v) is 15.1. The van der Waals surface area contributed by atoms with Gasteiger partial charge < -0.3 is 14.9 Å². The number of nitrogens with one attached hydrogen (secondary N) is 1. The van der Waals surface area contributed by atoms with Gasteiger partial charge in [-0.1, -0.05) is 13.8 Å². The molecular weight excluding hydrogens is 358 g/mol. The fourth-order valence-electron chi connectivity index (χ4n) is 2.86. The minimum absolute atomic E-state index is 0.0710. The topological polar surface area (TPSA) is 149 Å². The third-order valence-electron chi connectivity index (χ3n) is 4.37. The molecule has 1 aliphatic heterocycles. The number of anilines is 1. The first kappa shape index (κ1) is 19.1. The molecule has 146 valence electrons. The van der Waals surface area contributed by atoms with Crippen LogP contribution in [0, 0.1) is 5.92 Å². The molecule has 3 heterocycles. The molecule has 1 aliphatic rings. The van der Waals surface area contributed by atoms with Crippen LogP contribution in [0.1, 0.15) is 38.2 Å². The number of hydrogen-bond acceptors (Lipinski definition) is 8. The van der Waals surface area contributed by atoms with E-state index in [9.17, 15) is 24.6 Å². The lowest BCUT2D eigenvalue weighted by molar-refractivity contribution is -0.118. The van der Waals surface area contributed by atoms with E-state index in [0.717, 1.165) is 4.57 Å². The molecule has 0 aliphatic carbocycles. The lowest BCUT2D eigenvalue weighted by atomic mass is 10.2. The van der Waals surface area contributed by atoms with E-state index in [1.807, 2.05) is 0 Å². The van der Waals surface area contributed by atoms with Gasteiger partial charge in [-0.25, -0.2) is 9.55 Å². The van der Waals surface area contributed by atoms with E-state index in [1.165, 1.54) is 17.8 Å². The van der Waals surface area contributed by atoms with Crippen molar-refractivity contribution in [3.8, 4) is 0 Å². The molecule has 1 fully saturated rings. The number of ether oxygens (including phenoxy) is 1. The predicted molar refractivity (Wildman–Crippen MR) is 93.2 cm³/mol. The van der Waals surface area contributed by atoms with Gasteiger partial charge in [0.25, 0.3) is 5.56 Å². The Balaban J connectivity index is 2.12. The van der Waals surface area contributed by atoms with Gasteiger partial charge in [0.2, 0.25) is 17.8 Å². The summed E-state index contributed by atoms with van der Waals surface area (Å²) >= 11 is 0. The van der Waals surface area contributed by atoms with E-state index < -0.39 is 35.8 Å². The quantitative estimate of drug-likeness (QED) is 0.643. The summed E-state index contributed by atoms with van der Waals surface area (Å²) < 4.78 is 7.76. The SMILES string of the molecule is CC(=O)n1c(NC(=O)C(C)C)nc2c(ncn2[C@H]2C[C@H](O)[C@@H](CO)O2)c1=O. The van der Waals surface area contributed by atoms with Crippen LogP contribution in [0.15, 0.2) is 11.1 Å². The number of fused-ring (bicyclic) bond motifs is 1. The number of nitrogens with zero attached hydrogens (tertiary/aromatic N) is 4. The van der Waals surface area contributed by atoms with Crippen LogP contribution in [-0.4, -0.2) is 59.9 Å². The first-order chi connectivity index (χ1) is 12.7. The van der Waals surface area contributed by atoms with Crippen molar-refractivity contribution in [3.63, 3.8) is 0 Å². The number of carbonyl (C=O) groups excluding carboxylic acids is 2. The molecule has 0 unspecified atom stereocenters. The molecule has 3 atom stereocenters. The fourth-order valence-corrected chi connectivity index (χ4v) is 2.86. The Kier molecular flexibility index (Phi) is 5.09. The van der Waals surface area contributed by atoms with Crippen LogP contribution >= 0.6 is 0 Å². The van der Waals surface area contributed by atoms with E-state index in [4.69, 9.17) is 4.74 Å². The lowest BCUT2D eigenvalue weighted by Crippen LogP contribution is -2.32. The Morgan fingerprint density at radius 1 is 1.44 bits per heavy atom. The summed E-state index contributed by atoms with van der Waals surface area (Å²) in [5, 5.41) is 21.6. The molecule has 0 spiro atoms. The summed E-state index contributed by atoms with van der Waals surface area (Å²) in [6.45, 7) is 4.15. The fraction of sp³-hybridized carbons (Fsp3) is 0.562. The molecule has 3 N–H and O–H groups in total. The van der Waals surface area contributed by atoms with Gasteiger partial charge >= 0.3 is 0 Å². The molecule has 0 radical (unpaired) electrons. The summed E-state index contributed by atoms with van der Waals surface area (Å²) in [6, 6.07) is 0. The third-order valence-corrected chi connectivity index (χ3v) is 4.37. The highest BCUT2D eigenvalue weighted by Gasteiger charge is 2.35. The second kappa shape index (κ2) is 7.18. The zero-order chi connectivity index (χ0) is 19.9. The molecule has 1 amide bonds. The third kappa shape index (κ3) is 3.36. The van der Waals surface area contributed by atoms with Gasteiger partial charge in [-0.05, 0) is 0 Å². The maximum absolute atomic E-state index is 12.7. The van der Waals surface area contributed by atoms with Crippen LogP contribution in [0.4, 0.5) is 5.95 Å². The molecule has 0 bridgehead atoms. The van der Waals surface area contributed by atoms with Crippen LogP contribution in [0.3, 0.4) is 0 Å². The van der Waals surface area contributed by atoms with Crippen LogP contribution in [0.5, 0.6) is 0 Å². The zero-order valence-electron chi connectivity index (χ0n) is 15.1. The highest BCUT2D eigenvalue weighted by molar-refractivity contribution is 5.93. The van der Waals surface area contributed by atoms with Gasteiger partial charge in [0.1, 0.15) is 12.3 Å². The minimum atomic E-state index is -0.879. The summed E-state index contributed by atoms with van der Waals surface area (Å²) in [7, 11) is 0. The van der Waals surface area contributed by atoms with Gasteiger partial charge in [-0.3, -0.25) is 24.3 Å². The number of aliphatic hydroxyl groups is 2. The molecule has 3 rings (SSSR count). The van der Waals surface area contributed by atoms with Gasteiger partial charge in [0.15, 0.2) is 11.2 Å². The van der Waals surface area contributed by atoms with E-state index in [2.05, 4.69) is 15.3 Å². The maximum Gasteiger partial charge on any atom is 0.289 e. The first-order valence-corrected chi connectivity index (χ1v) is 8.50. The van der Waals surface area contributed by atoms with E-state index in [1.54, 1.807) is 13.8 Å². The average Bonchev–Trinajstić information content (AvgIpc) is 3.17. The molecule has 2 aromatic rings. The summed E-state index contributed by atoms with van der Waals surface area (Å²) in [6.07, 6.45) is -0.854. The summed E-state index contributed by atoms with van der Waals surface area (Å²) in [4.78, 5) is 44.9. The van der Waals surface area contributed by atoms with Crippen molar-refractivity contribution in [1.82, 2.24) is 19.1 Å². The number of aliphatic hydroxyl groups excluding tert-OH is 2. The van der Waals surface area contributed by atoms with Gasteiger partial charge in [-0.2, -0.15) is 4.98 Å². The van der Waals surface area contributed by atoms with Crippen molar-refractivity contribution in [2.75, 3.05) is 11.9 Å². The van der Waals surface area contributed by atoms with Crippen molar-refractivity contribution in [1.29, 1.82) is 0 Å². The Morgan fingerprint density at radius 3 is 2.70 bits per heavy atom. The maximum atomic E-state index is 12.7. The Hall–Kier alpha value is -2.63. The van der Waals surface area contributed by atoms with Crippen molar-refractivity contribution >= 4 is 28.9 Å². The normalized spacial score (nSPS) is 22.5. The van der Waals surface area contributed by atoms with E-state index in [-0.39, 0.29) is 36.1 Å². The minimum Gasteiger partial charge on any atom is -0.394 e. The number of imidazole rings is 1. The van der Waals surface area contributed by atoms with Gasteiger partial charge in [0, 0.05) is 19.3 Å². The highest BCUT2D eigenvalue weighted by Crippen LogP contribution is 2.30. The van der Waals surface area contributed by atoms with Crippen LogP contribution in [-0.2, 0) is 9.53 Å². The smallest absolute Gasteiger partial charge is 0.289 e. The molecular formula is C16H21N5O6. The van der Waals surface area contributed by atoms with Gasteiger partial charge in [0.05, 0.1) is 19.0 Å². The second-order valence-corrected chi connectivity index (χ2v) is 6.68. The van der Waals surface area contributed by atoms with E-state index >= 15 is 0 Å². The Bertz CT molecular complexity index is 949. The molecule has 1 saturated heterocycles. The first-order valence-electron chi connectivity index (χ1n) is 8.50. The number of hydrogen-bond donors (Lipinski definition) is 3. The standard InChI is InChI=1S/C16H21N5O6/c1-7(2)14(25)19-16-18-13-12(15(26)21(16)8(3)23)17-6-20(13)11-4-9(24)10(5-22)27-11/h6-7,9-11,22,24H,4-5H2,1-3H3,(H,18,19,25)/t9-,10+,11+/m0/s1. The summed E-state index contributed by atoms with van der Waals surface area (Å²) in [5.41, 5.74) is -0.687. The second-order valence-electron chi connectivity index (χ2n) is 6.68. The number of aromatic nitrogens is 4. The average molecular weight is 379 g/mol. The monoisotopic (exact) mass is 379 g/mol. The Morgan fingerprint density at radius 2 is 2.15 bits per heavy atom. The Labute approximate surface area is 153 Å². The molecule has 27 heavy (non-hydrogen) atoms.